The van der Waals surface area contributed by atoms with Gasteiger partial charge >= 0.3 is 5.97 Å². The van der Waals surface area contributed by atoms with Crippen LogP contribution in [0.1, 0.15) is 25.0 Å². The summed E-state index contributed by atoms with van der Waals surface area (Å²) >= 11 is 4.20. The number of hydrogen-bond acceptors (Lipinski definition) is 7. The van der Waals surface area contributed by atoms with Gasteiger partial charge in [-0.25, -0.2) is 9.18 Å². The third-order valence-electron chi connectivity index (χ3n) is 4.65. The van der Waals surface area contributed by atoms with Crippen molar-refractivity contribution in [2.75, 3.05) is 13.7 Å². The molecule has 2 aromatic carbocycles. The van der Waals surface area contributed by atoms with E-state index in [0.29, 0.717) is 33.7 Å². The molecule has 174 valence electrons. The van der Waals surface area contributed by atoms with E-state index in [1.54, 1.807) is 30.3 Å². The average molecular weight is 538 g/mol. The van der Waals surface area contributed by atoms with Crippen LogP contribution in [0.2, 0.25) is 0 Å². The van der Waals surface area contributed by atoms with E-state index in [2.05, 4.69) is 20.7 Å². The first-order valence-electron chi connectivity index (χ1n) is 9.93. The molecule has 33 heavy (non-hydrogen) atoms. The number of methoxy groups -OCH3 is 1. The number of ether oxygens (including phenoxy) is 3. The molecule has 0 spiro atoms. The summed E-state index contributed by atoms with van der Waals surface area (Å²) in [6.07, 6.45) is 1.54. The van der Waals surface area contributed by atoms with Gasteiger partial charge in [-0.3, -0.25) is 14.5 Å². The van der Waals surface area contributed by atoms with Crippen molar-refractivity contribution >= 4 is 50.9 Å². The lowest BCUT2D eigenvalue weighted by molar-refractivity contribution is -0.148. The van der Waals surface area contributed by atoms with Crippen molar-refractivity contribution < 1.29 is 33.0 Å². The van der Waals surface area contributed by atoms with E-state index in [0.717, 1.165) is 16.7 Å². The Bertz CT molecular complexity index is 1120. The Morgan fingerprint density at radius 1 is 1.24 bits per heavy atom. The fourth-order valence-electron chi connectivity index (χ4n) is 3.10. The van der Waals surface area contributed by atoms with E-state index < -0.39 is 23.2 Å². The van der Waals surface area contributed by atoms with Gasteiger partial charge in [-0.15, -0.1) is 0 Å². The van der Waals surface area contributed by atoms with Crippen molar-refractivity contribution in [3.05, 3.63) is 62.7 Å². The third kappa shape index (κ3) is 5.75. The van der Waals surface area contributed by atoms with Gasteiger partial charge in [-0.05, 0) is 83.0 Å². The summed E-state index contributed by atoms with van der Waals surface area (Å²) in [6.45, 7) is 3.73. The van der Waals surface area contributed by atoms with Crippen LogP contribution in [0.15, 0.2) is 45.8 Å². The Kier molecular flexibility index (Phi) is 8.15. The lowest BCUT2D eigenvalue weighted by Gasteiger charge is -2.18. The van der Waals surface area contributed by atoms with Crippen molar-refractivity contribution in [1.29, 1.82) is 0 Å². The molecule has 2 aromatic rings. The molecular formula is C23H21BrFNO6S. The Labute approximate surface area is 203 Å². The summed E-state index contributed by atoms with van der Waals surface area (Å²) in [5, 5.41) is -0.553. The first-order chi connectivity index (χ1) is 15.7. The van der Waals surface area contributed by atoms with Gasteiger partial charge in [0.15, 0.2) is 11.5 Å². The van der Waals surface area contributed by atoms with Crippen LogP contribution in [-0.4, -0.2) is 41.8 Å². The number of rotatable bonds is 8. The number of nitrogens with zero attached hydrogens (tertiary/aromatic N) is 1. The second-order valence-corrected chi connectivity index (χ2v) is 8.78. The van der Waals surface area contributed by atoms with Crippen LogP contribution in [0.3, 0.4) is 0 Å². The first-order valence-corrected chi connectivity index (χ1v) is 11.5. The molecule has 0 radical (unpaired) electrons. The van der Waals surface area contributed by atoms with Crippen LogP contribution in [0.4, 0.5) is 9.18 Å². The molecular weight excluding hydrogens is 517 g/mol. The van der Waals surface area contributed by atoms with E-state index in [-0.39, 0.29) is 17.3 Å². The zero-order chi connectivity index (χ0) is 24.1. The van der Waals surface area contributed by atoms with Gasteiger partial charge in [0.25, 0.3) is 11.1 Å². The average Bonchev–Trinajstić information content (AvgIpc) is 3.05. The molecule has 0 aromatic heterocycles. The number of thioether (sulfide) groups is 1. The van der Waals surface area contributed by atoms with Gasteiger partial charge in [0.05, 0.1) is 23.1 Å². The van der Waals surface area contributed by atoms with Crippen LogP contribution >= 0.6 is 27.7 Å². The summed E-state index contributed by atoms with van der Waals surface area (Å²) in [5.74, 6) is -0.781. The molecule has 0 bridgehead atoms. The van der Waals surface area contributed by atoms with Crippen molar-refractivity contribution in [2.24, 2.45) is 0 Å². The maximum atomic E-state index is 13.4. The number of esters is 1. The minimum atomic E-state index is -1.03. The quantitative estimate of drug-likeness (QED) is 0.339. The predicted octanol–water partition coefficient (Wildman–Crippen LogP) is 5.16. The summed E-state index contributed by atoms with van der Waals surface area (Å²) in [5.41, 5.74) is 1.24. The molecule has 1 aliphatic heterocycles. The van der Waals surface area contributed by atoms with Crippen LogP contribution in [0.25, 0.3) is 6.08 Å². The van der Waals surface area contributed by atoms with E-state index in [1.807, 2.05) is 6.92 Å². The summed E-state index contributed by atoms with van der Waals surface area (Å²) in [6, 6.07) is 8.44. The number of carbonyl (C=O) groups is 3. The Balaban J connectivity index is 1.87. The summed E-state index contributed by atoms with van der Waals surface area (Å²) < 4.78 is 30.2. The maximum absolute atomic E-state index is 13.4. The highest BCUT2D eigenvalue weighted by Gasteiger charge is 2.41. The molecule has 0 N–H and O–H groups in total. The van der Waals surface area contributed by atoms with Gasteiger partial charge in [0.2, 0.25) is 0 Å². The number of amides is 2. The SMILES string of the molecule is CCOc1cc(/C=C2/SC(=O)N([C@@H](C)C(=O)OC)C2=O)cc(Br)c1OCc1cccc(F)c1. The predicted molar refractivity (Wildman–Crippen MR) is 125 cm³/mol. The summed E-state index contributed by atoms with van der Waals surface area (Å²) in [4.78, 5) is 37.9. The number of benzene rings is 2. The lowest BCUT2D eigenvalue weighted by atomic mass is 10.1. The van der Waals surface area contributed by atoms with Gasteiger partial charge in [0, 0.05) is 0 Å². The van der Waals surface area contributed by atoms with Crippen LogP contribution in [-0.2, 0) is 20.9 Å². The van der Waals surface area contributed by atoms with Gasteiger partial charge < -0.3 is 14.2 Å². The molecule has 3 rings (SSSR count). The number of halogens is 2. The van der Waals surface area contributed by atoms with E-state index >= 15 is 0 Å². The van der Waals surface area contributed by atoms with Gasteiger partial charge in [-0.2, -0.15) is 0 Å². The first kappa shape index (κ1) is 24.8. The fourth-order valence-corrected chi connectivity index (χ4v) is 4.58. The Hall–Kier alpha value is -2.85. The second kappa shape index (κ2) is 10.8. The molecule has 1 saturated heterocycles. The molecule has 0 saturated carbocycles. The van der Waals surface area contributed by atoms with E-state index in [1.165, 1.54) is 26.2 Å². The van der Waals surface area contributed by atoms with Crippen LogP contribution in [0.5, 0.6) is 11.5 Å². The normalized spacial score (nSPS) is 15.7. The third-order valence-corrected chi connectivity index (χ3v) is 6.13. The largest absolute Gasteiger partial charge is 0.490 e. The van der Waals surface area contributed by atoms with Crippen molar-refractivity contribution in [1.82, 2.24) is 4.90 Å². The lowest BCUT2D eigenvalue weighted by Crippen LogP contribution is -2.42. The van der Waals surface area contributed by atoms with Gasteiger partial charge in [0.1, 0.15) is 18.5 Å². The second-order valence-electron chi connectivity index (χ2n) is 6.93. The topological polar surface area (TPSA) is 82.1 Å². The minimum Gasteiger partial charge on any atom is -0.490 e. The zero-order valence-electron chi connectivity index (χ0n) is 18.1. The molecule has 1 fully saturated rings. The zero-order valence-corrected chi connectivity index (χ0v) is 20.5. The van der Waals surface area contributed by atoms with Crippen LogP contribution in [0, 0.1) is 5.82 Å². The molecule has 1 heterocycles. The van der Waals surface area contributed by atoms with Gasteiger partial charge in [-0.1, -0.05) is 12.1 Å². The van der Waals surface area contributed by atoms with Crippen molar-refractivity contribution in [3.63, 3.8) is 0 Å². The van der Waals surface area contributed by atoms with E-state index in [4.69, 9.17) is 9.47 Å². The molecule has 0 unspecified atom stereocenters. The standard InChI is InChI=1S/C23H21BrFNO6S/c1-4-31-18-10-15(9-17(24)20(18)32-12-14-6-5-7-16(25)8-14)11-19-21(27)26(23(29)33-19)13(2)22(28)30-3/h5-11,13H,4,12H2,1-3H3/b19-11+/t13-/m0/s1. The molecule has 1 aliphatic rings. The smallest absolute Gasteiger partial charge is 0.328 e. The molecule has 0 aliphatic carbocycles. The highest BCUT2D eigenvalue weighted by atomic mass is 79.9. The van der Waals surface area contributed by atoms with E-state index in [9.17, 15) is 18.8 Å². The molecule has 1 atom stereocenters. The monoisotopic (exact) mass is 537 g/mol. The highest BCUT2D eigenvalue weighted by molar-refractivity contribution is 9.10. The van der Waals surface area contributed by atoms with Crippen LogP contribution < -0.4 is 9.47 Å². The fraction of sp³-hybridized carbons (Fsp3) is 0.261. The molecule has 7 nitrogen and oxygen atoms in total. The number of hydrogen-bond donors (Lipinski definition) is 0. The molecule has 2 amide bonds. The highest BCUT2D eigenvalue weighted by Crippen LogP contribution is 2.40. The number of carbonyl (C=O) groups excluding carboxylic acids is 3. The maximum Gasteiger partial charge on any atom is 0.328 e. The molecule has 10 heteroatoms. The number of imide groups is 1. The Morgan fingerprint density at radius 3 is 2.67 bits per heavy atom. The van der Waals surface area contributed by atoms with Crippen molar-refractivity contribution in [2.45, 2.75) is 26.5 Å². The summed E-state index contributed by atoms with van der Waals surface area (Å²) in [7, 11) is 1.19. The minimum absolute atomic E-state index is 0.125. The van der Waals surface area contributed by atoms with Crippen molar-refractivity contribution in [3.8, 4) is 11.5 Å². The Morgan fingerprint density at radius 2 is 2.00 bits per heavy atom.